The fourth-order valence-electron chi connectivity index (χ4n) is 1.82. The summed E-state index contributed by atoms with van der Waals surface area (Å²) in [5.74, 6) is -0.723. The normalized spacial score (nSPS) is 10.6. The predicted octanol–water partition coefficient (Wildman–Crippen LogP) is 1.95. The van der Waals surface area contributed by atoms with Gasteiger partial charge in [0.15, 0.2) is 11.6 Å². The van der Waals surface area contributed by atoms with Crippen molar-refractivity contribution in [1.29, 1.82) is 0 Å². The Kier molecular flexibility index (Phi) is 5.05. The van der Waals surface area contributed by atoms with Crippen molar-refractivity contribution in [2.75, 3.05) is 25.2 Å². The fourth-order valence-corrected chi connectivity index (χ4v) is 1.82. The van der Waals surface area contributed by atoms with Gasteiger partial charge in [-0.1, -0.05) is 0 Å². The number of benzene rings is 1. The molecule has 0 saturated carbocycles. The molecule has 19 heavy (non-hydrogen) atoms. The third-order valence-electron chi connectivity index (χ3n) is 2.72. The minimum Gasteiger partial charge on any atom is -0.490 e. The van der Waals surface area contributed by atoms with E-state index in [1.54, 1.807) is 4.90 Å². The molecule has 0 amide bonds. The Labute approximate surface area is 110 Å². The van der Waals surface area contributed by atoms with Crippen molar-refractivity contribution in [3.63, 3.8) is 0 Å². The molecule has 0 radical (unpaired) electrons. The smallest absolute Gasteiger partial charge is 0.313 e. The molecule has 1 N–H and O–H groups in total. The first-order chi connectivity index (χ1) is 8.92. The number of hydrogen-bond acceptors (Lipinski definition) is 5. The van der Waals surface area contributed by atoms with Gasteiger partial charge in [-0.15, -0.1) is 0 Å². The topological polar surface area (TPSA) is 75.8 Å². The first kappa shape index (κ1) is 15.2. The molecule has 0 spiro atoms. The standard InChI is InChI=1S/C12H17FN2O4/c1-8(2)14(4-5-16)10-7-12(19-3)11(15(17)18)6-9(10)13/h6-8,16H,4-5H2,1-3H3. The van der Waals surface area contributed by atoms with Crippen molar-refractivity contribution in [3.05, 3.63) is 28.1 Å². The SMILES string of the molecule is COc1cc(N(CCO)C(C)C)c(F)cc1[N+](=O)[O-]. The quantitative estimate of drug-likeness (QED) is 0.632. The number of nitro benzene ring substituents is 1. The minimum atomic E-state index is -0.713. The van der Waals surface area contributed by atoms with E-state index < -0.39 is 16.4 Å². The molecule has 0 atom stereocenters. The van der Waals surface area contributed by atoms with Crippen LogP contribution in [0, 0.1) is 15.9 Å². The highest BCUT2D eigenvalue weighted by Crippen LogP contribution is 2.34. The molecule has 6 nitrogen and oxygen atoms in total. The molecule has 0 aliphatic heterocycles. The van der Waals surface area contributed by atoms with E-state index in [9.17, 15) is 14.5 Å². The van der Waals surface area contributed by atoms with Gasteiger partial charge in [0.05, 0.1) is 30.4 Å². The second-order valence-corrected chi connectivity index (χ2v) is 4.24. The summed E-state index contributed by atoms with van der Waals surface area (Å²) in [5, 5.41) is 19.8. The van der Waals surface area contributed by atoms with Crippen LogP contribution in [0.15, 0.2) is 12.1 Å². The summed E-state index contributed by atoms with van der Waals surface area (Å²) >= 11 is 0. The third kappa shape index (κ3) is 3.31. The Bertz CT molecular complexity index is 465. The zero-order valence-corrected chi connectivity index (χ0v) is 11.1. The average molecular weight is 272 g/mol. The Morgan fingerprint density at radius 1 is 1.53 bits per heavy atom. The van der Waals surface area contributed by atoms with E-state index in [-0.39, 0.29) is 30.6 Å². The molecule has 0 aromatic heterocycles. The molecule has 0 unspecified atom stereocenters. The molecular weight excluding hydrogens is 255 g/mol. The maximum atomic E-state index is 14.0. The molecule has 1 aromatic rings. The van der Waals surface area contributed by atoms with Crippen molar-refractivity contribution in [1.82, 2.24) is 0 Å². The summed E-state index contributed by atoms with van der Waals surface area (Å²) in [7, 11) is 1.29. The molecule has 0 aliphatic carbocycles. The number of aliphatic hydroxyl groups is 1. The first-order valence-electron chi connectivity index (χ1n) is 5.81. The summed E-state index contributed by atoms with van der Waals surface area (Å²) in [5.41, 5.74) is -0.247. The Morgan fingerprint density at radius 3 is 2.58 bits per heavy atom. The van der Waals surface area contributed by atoms with E-state index in [0.29, 0.717) is 0 Å². The van der Waals surface area contributed by atoms with Crippen molar-refractivity contribution in [2.24, 2.45) is 0 Å². The molecule has 1 rings (SSSR count). The van der Waals surface area contributed by atoms with E-state index >= 15 is 0 Å². The molecule has 0 fully saturated rings. The lowest BCUT2D eigenvalue weighted by Crippen LogP contribution is -2.34. The van der Waals surface area contributed by atoms with Crippen molar-refractivity contribution < 1.29 is 19.2 Å². The fraction of sp³-hybridized carbons (Fsp3) is 0.500. The van der Waals surface area contributed by atoms with Crippen LogP contribution in [0.4, 0.5) is 15.8 Å². The van der Waals surface area contributed by atoms with Crippen LogP contribution >= 0.6 is 0 Å². The van der Waals surface area contributed by atoms with Crippen LogP contribution in [0.3, 0.4) is 0 Å². The molecular formula is C12H17FN2O4. The highest BCUT2D eigenvalue weighted by molar-refractivity contribution is 5.60. The van der Waals surface area contributed by atoms with Gasteiger partial charge in [-0.3, -0.25) is 10.1 Å². The van der Waals surface area contributed by atoms with Gasteiger partial charge in [0.2, 0.25) is 0 Å². The summed E-state index contributed by atoms with van der Waals surface area (Å²) in [6, 6.07) is 2.05. The largest absolute Gasteiger partial charge is 0.490 e. The van der Waals surface area contributed by atoms with E-state index in [2.05, 4.69) is 0 Å². The van der Waals surface area contributed by atoms with Gasteiger partial charge in [-0.2, -0.15) is 0 Å². The van der Waals surface area contributed by atoms with Gasteiger partial charge >= 0.3 is 5.69 Å². The highest BCUT2D eigenvalue weighted by atomic mass is 19.1. The van der Waals surface area contributed by atoms with Crippen molar-refractivity contribution in [2.45, 2.75) is 19.9 Å². The highest BCUT2D eigenvalue weighted by Gasteiger charge is 2.23. The van der Waals surface area contributed by atoms with E-state index in [1.807, 2.05) is 13.8 Å². The summed E-state index contributed by atoms with van der Waals surface area (Å²) in [6.07, 6.45) is 0. The number of ether oxygens (including phenoxy) is 1. The van der Waals surface area contributed by atoms with Gasteiger partial charge in [0.25, 0.3) is 0 Å². The molecule has 7 heteroatoms. The van der Waals surface area contributed by atoms with Gasteiger partial charge in [0.1, 0.15) is 0 Å². The van der Waals surface area contributed by atoms with Crippen LogP contribution in [0.2, 0.25) is 0 Å². The van der Waals surface area contributed by atoms with Crippen LogP contribution in [0.1, 0.15) is 13.8 Å². The third-order valence-corrected chi connectivity index (χ3v) is 2.72. The lowest BCUT2D eigenvalue weighted by molar-refractivity contribution is -0.385. The zero-order valence-electron chi connectivity index (χ0n) is 11.1. The zero-order chi connectivity index (χ0) is 14.6. The second-order valence-electron chi connectivity index (χ2n) is 4.24. The second kappa shape index (κ2) is 6.33. The molecule has 106 valence electrons. The molecule has 0 bridgehead atoms. The summed E-state index contributed by atoms with van der Waals surface area (Å²) in [4.78, 5) is 11.7. The van der Waals surface area contributed by atoms with Gasteiger partial charge in [0, 0.05) is 18.7 Å². The van der Waals surface area contributed by atoms with Gasteiger partial charge in [-0.25, -0.2) is 4.39 Å². The maximum Gasteiger partial charge on any atom is 0.313 e. The Balaban J connectivity index is 3.31. The summed E-state index contributed by atoms with van der Waals surface area (Å²) in [6.45, 7) is 3.76. The first-order valence-corrected chi connectivity index (χ1v) is 5.81. The average Bonchev–Trinajstić information content (AvgIpc) is 2.35. The van der Waals surface area contributed by atoms with Crippen LogP contribution in [-0.4, -0.2) is 36.3 Å². The van der Waals surface area contributed by atoms with Crippen LogP contribution < -0.4 is 9.64 Å². The van der Waals surface area contributed by atoms with E-state index in [4.69, 9.17) is 9.84 Å². The number of hydrogen-bond donors (Lipinski definition) is 1. The lowest BCUT2D eigenvalue weighted by atomic mass is 10.2. The van der Waals surface area contributed by atoms with Crippen molar-refractivity contribution in [3.8, 4) is 5.75 Å². The van der Waals surface area contributed by atoms with Crippen molar-refractivity contribution >= 4 is 11.4 Å². The molecule has 0 aliphatic rings. The monoisotopic (exact) mass is 272 g/mol. The number of anilines is 1. The number of rotatable bonds is 6. The van der Waals surface area contributed by atoms with Gasteiger partial charge in [-0.05, 0) is 13.8 Å². The predicted molar refractivity (Wildman–Crippen MR) is 69.2 cm³/mol. The van der Waals surface area contributed by atoms with Crippen LogP contribution in [0.5, 0.6) is 5.75 Å². The van der Waals surface area contributed by atoms with E-state index in [0.717, 1.165) is 6.07 Å². The summed E-state index contributed by atoms with van der Waals surface area (Å²) < 4.78 is 18.9. The maximum absolute atomic E-state index is 14.0. The molecule has 0 heterocycles. The molecule has 0 saturated heterocycles. The lowest BCUT2D eigenvalue weighted by Gasteiger charge is -2.28. The number of methoxy groups -OCH3 is 1. The number of nitro groups is 1. The number of nitrogens with zero attached hydrogens (tertiary/aromatic N) is 2. The van der Waals surface area contributed by atoms with Gasteiger partial charge < -0.3 is 14.7 Å². The number of halogens is 1. The minimum absolute atomic E-state index is 0.00927. The molecule has 1 aromatic carbocycles. The van der Waals surface area contributed by atoms with Crippen LogP contribution in [-0.2, 0) is 0 Å². The van der Waals surface area contributed by atoms with Crippen LogP contribution in [0.25, 0.3) is 0 Å². The Hall–Kier alpha value is -1.89. The Morgan fingerprint density at radius 2 is 2.16 bits per heavy atom. The number of aliphatic hydroxyl groups excluding tert-OH is 1. The van der Waals surface area contributed by atoms with E-state index in [1.165, 1.54) is 13.2 Å².